The van der Waals surface area contributed by atoms with Gasteiger partial charge in [0, 0.05) is 4.47 Å². The third kappa shape index (κ3) is 4.79. The molecule has 0 radical (unpaired) electrons. The second-order valence-electron chi connectivity index (χ2n) is 5.13. The first-order chi connectivity index (χ1) is 11.0. The Morgan fingerprint density at radius 3 is 2.48 bits per heavy atom. The fourth-order valence-electron chi connectivity index (χ4n) is 2.09. The van der Waals surface area contributed by atoms with E-state index in [1.54, 1.807) is 6.07 Å². The molecule has 0 aliphatic carbocycles. The van der Waals surface area contributed by atoms with Crippen LogP contribution in [0.2, 0.25) is 0 Å². The van der Waals surface area contributed by atoms with Crippen molar-refractivity contribution in [3.05, 3.63) is 58.3 Å². The molecule has 0 aliphatic heterocycles. The van der Waals surface area contributed by atoms with Crippen LogP contribution in [-0.2, 0) is 11.2 Å². The number of hydrogen-bond acceptors (Lipinski definition) is 2. The lowest BCUT2D eigenvalue weighted by atomic mass is 10.1. The predicted molar refractivity (Wildman–Crippen MR) is 93.3 cm³/mol. The Balaban J connectivity index is 2.05. The monoisotopic (exact) mass is 379 g/mol. The molecule has 0 bridgehead atoms. The Labute approximate surface area is 144 Å². The highest BCUT2D eigenvalue weighted by Crippen LogP contribution is 2.21. The second-order valence-corrected chi connectivity index (χ2v) is 6.04. The molecule has 0 aromatic heterocycles. The van der Waals surface area contributed by atoms with Gasteiger partial charge in [0.05, 0.1) is 5.69 Å². The van der Waals surface area contributed by atoms with Crippen molar-refractivity contribution in [2.24, 2.45) is 0 Å². The van der Waals surface area contributed by atoms with E-state index in [4.69, 9.17) is 4.74 Å². The normalized spacial score (nSPS) is 11.8. The van der Waals surface area contributed by atoms with E-state index in [1.165, 1.54) is 17.7 Å². The Hall–Kier alpha value is -1.88. The third-order valence-electron chi connectivity index (χ3n) is 3.46. The number of carbonyl (C=O) groups is 1. The van der Waals surface area contributed by atoms with E-state index in [0.717, 1.165) is 6.42 Å². The number of anilines is 1. The van der Waals surface area contributed by atoms with Gasteiger partial charge in [0.25, 0.3) is 5.91 Å². The molecule has 0 fully saturated rings. The molecule has 0 heterocycles. The molecular weight excluding hydrogens is 361 g/mol. The average Bonchev–Trinajstić information content (AvgIpc) is 2.55. The number of aryl methyl sites for hydroxylation is 1. The first kappa shape index (κ1) is 17.5. The minimum Gasteiger partial charge on any atom is -0.481 e. The molecule has 23 heavy (non-hydrogen) atoms. The molecule has 5 heteroatoms. The lowest BCUT2D eigenvalue weighted by molar-refractivity contribution is -0.122. The maximum Gasteiger partial charge on any atom is 0.265 e. The van der Waals surface area contributed by atoms with Crippen molar-refractivity contribution in [1.29, 1.82) is 0 Å². The molecule has 0 spiro atoms. The van der Waals surface area contributed by atoms with Gasteiger partial charge in [0.2, 0.25) is 0 Å². The lowest BCUT2D eigenvalue weighted by Crippen LogP contribution is -2.32. The van der Waals surface area contributed by atoms with E-state index in [0.29, 0.717) is 16.6 Å². The van der Waals surface area contributed by atoms with E-state index < -0.39 is 11.9 Å². The molecule has 0 unspecified atom stereocenters. The summed E-state index contributed by atoms with van der Waals surface area (Å²) in [6, 6.07) is 12.1. The SMILES string of the molecule is CCc1ccc(O[C@H](CC)C(=O)Nc2ccc(Br)cc2F)cc1. The Bertz CT molecular complexity index is 673. The van der Waals surface area contributed by atoms with Gasteiger partial charge < -0.3 is 10.1 Å². The second kappa shape index (κ2) is 8.11. The number of rotatable bonds is 6. The summed E-state index contributed by atoms with van der Waals surface area (Å²) in [4.78, 5) is 12.3. The van der Waals surface area contributed by atoms with Crippen LogP contribution in [0.5, 0.6) is 5.75 Å². The highest BCUT2D eigenvalue weighted by atomic mass is 79.9. The molecular formula is C18H19BrFNO2. The van der Waals surface area contributed by atoms with Crippen molar-refractivity contribution in [2.75, 3.05) is 5.32 Å². The van der Waals surface area contributed by atoms with E-state index in [9.17, 15) is 9.18 Å². The van der Waals surface area contributed by atoms with E-state index >= 15 is 0 Å². The summed E-state index contributed by atoms with van der Waals surface area (Å²) in [6.07, 6.45) is 0.755. The molecule has 0 saturated carbocycles. The predicted octanol–water partition coefficient (Wildman–Crippen LogP) is 4.95. The Morgan fingerprint density at radius 1 is 1.22 bits per heavy atom. The van der Waals surface area contributed by atoms with Crippen LogP contribution in [0.15, 0.2) is 46.9 Å². The summed E-state index contributed by atoms with van der Waals surface area (Å²) >= 11 is 3.18. The molecule has 2 rings (SSSR count). The van der Waals surface area contributed by atoms with Gasteiger partial charge >= 0.3 is 0 Å². The Morgan fingerprint density at radius 2 is 1.91 bits per heavy atom. The standard InChI is InChI=1S/C18H19BrFNO2/c1-3-12-5-8-14(9-6-12)23-17(4-2)18(22)21-16-10-7-13(19)11-15(16)20/h5-11,17H,3-4H2,1-2H3,(H,21,22)/t17-/m1/s1. The van der Waals surface area contributed by atoms with Crippen LogP contribution in [0.4, 0.5) is 10.1 Å². The van der Waals surface area contributed by atoms with E-state index in [2.05, 4.69) is 28.2 Å². The minimum atomic E-state index is -0.675. The lowest BCUT2D eigenvalue weighted by Gasteiger charge is -2.17. The summed E-state index contributed by atoms with van der Waals surface area (Å²) in [5, 5.41) is 2.57. The molecule has 0 saturated heterocycles. The topological polar surface area (TPSA) is 38.3 Å². The first-order valence-electron chi connectivity index (χ1n) is 7.55. The van der Waals surface area contributed by atoms with Crippen LogP contribution in [0.1, 0.15) is 25.8 Å². The van der Waals surface area contributed by atoms with Crippen molar-refractivity contribution in [3.8, 4) is 5.75 Å². The smallest absolute Gasteiger partial charge is 0.265 e. The summed E-state index contributed by atoms with van der Waals surface area (Å²) in [5.74, 6) is -0.233. The quantitative estimate of drug-likeness (QED) is 0.771. The molecule has 122 valence electrons. The van der Waals surface area contributed by atoms with Gasteiger partial charge in [0.1, 0.15) is 11.6 Å². The van der Waals surface area contributed by atoms with Crippen LogP contribution in [0.3, 0.4) is 0 Å². The molecule has 1 amide bonds. The van der Waals surface area contributed by atoms with Gasteiger partial charge in [-0.2, -0.15) is 0 Å². The summed E-state index contributed by atoms with van der Waals surface area (Å²) in [5.41, 5.74) is 1.34. The average molecular weight is 380 g/mol. The summed E-state index contributed by atoms with van der Waals surface area (Å²) in [7, 11) is 0. The molecule has 1 N–H and O–H groups in total. The number of carbonyl (C=O) groups excluding carboxylic acids is 1. The van der Waals surface area contributed by atoms with Gasteiger partial charge in [-0.15, -0.1) is 0 Å². The van der Waals surface area contributed by atoms with Crippen LogP contribution in [0.25, 0.3) is 0 Å². The van der Waals surface area contributed by atoms with Crippen molar-refractivity contribution in [2.45, 2.75) is 32.8 Å². The zero-order valence-corrected chi connectivity index (χ0v) is 14.7. The Kier molecular flexibility index (Phi) is 6.16. The number of halogens is 2. The highest BCUT2D eigenvalue weighted by molar-refractivity contribution is 9.10. The number of hydrogen-bond donors (Lipinski definition) is 1. The van der Waals surface area contributed by atoms with Crippen molar-refractivity contribution in [3.63, 3.8) is 0 Å². The van der Waals surface area contributed by atoms with Gasteiger partial charge in [-0.3, -0.25) is 4.79 Å². The molecule has 1 atom stereocenters. The van der Waals surface area contributed by atoms with Crippen LogP contribution < -0.4 is 10.1 Å². The molecule has 2 aromatic carbocycles. The van der Waals surface area contributed by atoms with Gasteiger partial charge in [-0.25, -0.2) is 4.39 Å². The highest BCUT2D eigenvalue weighted by Gasteiger charge is 2.19. The van der Waals surface area contributed by atoms with Gasteiger partial charge in [-0.05, 0) is 48.7 Å². The van der Waals surface area contributed by atoms with Crippen molar-refractivity contribution in [1.82, 2.24) is 0 Å². The fraction of sp³-hybridized carbons (Fsp3) is 0.278. The molecule has 0 aliphatic rings. The van der Waals surface area contributed by atoms with Crippen LogP contribution >= 0.6 is 15.9 Å². The van der Waals surface area contributed by atoms with Gasteiger partial charge in [0.15, 0.2) is 6.10 Å². The molecule has 2 aromatic rings. The molecule has 3 nitrogen and oxygen atoms in total. The van der Waals surface area contributed by atoms with Gasteiger partial charge in [-0.1, -0.05) is 41.9 Å². The largest absolute Gasteiger partial charge is 0.481 e. The number of ether oxygens (including phenoxy) is 1. The zero-order chi connectivity index (χ0) is 16.8. The first-order valence-corrected chi connectivity index (χ1v) is 8.34. The van der Waals surface area contributed by atoms with Crippen molar-refractivity contribution < 1.29 is 13.9 Å². The van der Waals surface area contributed by atoms with Crippen LogP contribution in [0, 0.1) is 5.82 Å². The number of amides is 1. The van der Waals surface area contributed by atoms with E-state index in [-0.39, 0.29) is 11.6 Å². The fourth-order valence-corrected chi connectivity index (χ4v) is 2.43. The maximum atomic E-state index is 13.8. The van der Waals surface area contributed by atoms with E-state index in [1.807, 2.05) is 31.2 Å². The zero-order valence-electron chi connectivity index (χ0n) is 13.1. The number of nitrogens with one attached hydrogen (secondary N) is 1. The minimum absolute atomic E-state index is 0.140. The van der Waals surface area contributed by atoms with Crippen LogP contribution in [-0.4, -0.2) is 12.0 Å². The maximum absolute atomic E-state index is 13.8. The third-order valence-corrected chi connectivity index (χ3v) is 3.96. The van der Waals surface area contributed by atoms with Crippen molar-refractivity contribution >= 4 is 27.5 Å². The summed E-state index contributed by atoms with van der Waals surface area (Å²) in [6.45, 7) is 3.92. The number of benzene rings is 2. The summed E-state index contributed by atoms with van der Waals surface area (Å²) < 4.78 is 20.1.